The van der Waals surface area contributed by atoms with Crippen molar-refractivity contribution in [2.45, 2.75) is 32.7 Å². The number of rotatable bonds is 3. The van der Waals surface area contributed by atoms with Crippen molar-refractivity contribution in [3.8, 4) is 6.07 Å². The molecule has 0 radical (unpaired) electrons. The monoisotopic (exact) mass is 358 g/mol. The van der Waals surface area contributed by atoms with Crippen molar-refractivity contribution < 1.29 is 4.79 Å². The summed E-state index contributed by atoms with van der Waals surface area (Å²) in [5.74, 6) is -0.0391. The van der Waals surface area contributed by atoms with Gasteiger partial charge in [0.2, 0.25) is 5.91 Å². The van der Waals surface area contributed by atoms with E-state index in [0.717, 1.165) is 28.6 Å². The lowest BCUT2D eigenvalue weighted by atomic mass is 9.85. The summed E-state index contributed by atoms with van der Waals surface area (Å²) < 4.78 is 0. The Morgan fingerprint density at radius 2 is 2.11 bits per heavy atom. The van der Waals surface area contributed by atoms with Gasteiger partial charge in [-0.05, 0) is 59.4 Å². The summed E-state index contributed by atoms with van der Waals surface area (Å²) in [6.07, 6.45) is 1.15. The number of hydrogen-bond acceptors (Lipinski definition) is 3. The Morgan fingerprint density at radius 3 is 2.89 bits per heavy atom. The highest BCUT2D eigenvalue weighted by Crippen LogP contribution is 2.45. The normalized spacial score (nSPS) is 17.4. The van der Waals surface area contributed by atoms with E-state index in [1.54, 1.807) is 0 Å². The average Bonchev–Trinajstić information content (AvgIpc) is 3.11. The smallest absolute Gasteiger partial charge is 0.226 e. The molecule has 3 aromatic rings. The van der Waals surface area contributed by atoms with Gasteiger partial charge >= 0.3 is 0 Å². The maximum atomic E-state index is 12.7. The molecule has 136 valence electrons. The van der Waals surface area contributed by atoms with Crippen molar-refractivity contribution in [3.05, 3.63) is 64.8 Å². The standard InChI is InChI=1S/C22H22N4O/c1-22(2)11-14-4-3-13(12-23)7-18(14)21(22)26-20(27)10-17-9-15-8-16(24)5-6-19(15)25-17/h3-9,21,25H,10-11,24H2,1-2H3,(H,26,27)/t21-/m0/s1. The van der Waals surface area contributed by atoms with E-state index in [0.29, 0.717) is 11.3 Å². The minimum atomic E-state index is -0.103. The molecule has 27 heavy (non-hydrogen) atoms. The van der Waals surface area contributed by atoms with Gasteiger partial charge < -0.3 is 16.0 Å². The molecular formula is C22H22N4O. The van der Waals surface area contributed by atoms with Crippen molar-refractivity contribution in [2.75, 3.05) is 5.73 Å². The van der Waals surface area contributed by atoms with Crippen LogP contribution in [0.15, 0.2) is 42.5 Å². The number of H-pyrrole nitrogens is 1. The maximum absolute atomic E-state index is 12.7. The minimum Gasteiger partial charge on any atom is -0.399 e. The number of nitrogens with one attached hydrogen (secondary N) is 2. The number of carbonyl (C=O) groups is 1. The number of aromatic nitrogens is 1. The number of fused-ring (bicyclic) bond motifs is 2. The van der Waals surface area contributed by atoms with Crippen molar-refractivity contribution in [1.82, 2.24) is 10.3 Å². The molecule has 0 saturated heterocycles. The van der Waals surface area contributed by atoms with Gasteiger partial charge in [0.1, 0.15) is 0 Å². The molecule has 1 aliphatic rings. The molecule has 1 atom stereocenters. The molecule has 1 amide bonds. The molecule has 5 heteroatoms. The van der Waals surface area contributed by atoms with E-state index in [1.807, 2.05) is 42.5 Å². The van der Waals surface area contributed by atoms with Gasteiger partial charge in [-0.3, -0.25) is 4.79 Å². The molecule has 2 aromatic carbocycles. The Hall–Kier alpha value is -3.26. The third kappa shape index (κ3) is 3.15. The first kappa shape index (κ1) is 17.2. The van der Waals surface area contributed by atoms with Crippen LogP contribution in [0.1, 0.15) is 42.3 Å². The predicted molar refractivity (Wildman–Crippen MR) is 106 cm³/mol. The number of nitrogen functional groups attached to an aromatic ring is 1. The lowest BCUT2D eigenvalue weighted by molar-refractivity contribution is -0.122. The molecule has 0 fully saturated rings. The van der Waals surface area contributed by atoms with Gasteiger partial charge in [-0.25, -0.2) is 0 Å². The van der Waals surface area contributed by atoms with E-state index < -0.39 is 0 Å². The number of nitrogens with two attached hydrogens (primary N) is 1. The van der Waals surface area contributed by atoms with Gasteiger partial charge in [-0.1, -0.05) is 19.9 Å². The third-order valence-corrected chi connectivity index (χ3v) is 5.37. The highest BCUT2D eigenvalue weighted by molar-refractivity contribution is 5.86. The molecule has 0 saturated carbocycles. The van der Waals surface area contributed by atoms with Gasteiger partial charge in [0.25, 0.3) is 0 Å². The molecule has 0 unspecified atom stereocenters. The lowest BCUT2D eigenvalue weighted by Gasteiger charge is -2.28. The Kier molecular flexibility index (Phi) is 3.92. The minimum absolute atomic E-state index is 0.0391. The van der Waals surface area contributed by atoms with E-state index in [2.05, 4.69) is 30.2 Å². The topological polar surface area (TPSA) is 94.7 Å². The van der Waals surface area contributed by atoms with Gasteiger partial charge in [0.15, 0.2) is 0 Å². The molecule has 1 aliphatic carbocycles. The SMILES string of the molecule is CC1(C)Cc2ccc(C#N)cc2[C@@H]1NC(=O)Cc1cc2cc(N)ccc2[nH]1. The second-order valence-corrected chi connectivity index (χ2v) is 8.01. The number of amides is 1. The molecule has 5 nitrogen and oxygen atoms in total. The molecule has 4 N–H and O–H groups in total. The van der Waals surface area contributed by atoms with E-state index >= 15 is 0 Å². The fraction of sp³-hybridized carbons (Fsp3) is 0.273. The van der Waals surface area contributed by atoms with Crippen LogP contribution in [0.4, 0.5) is 5.69 Å². The summed E-state index contributed by atoms with van der Waals surface area (Å²) >= 11 is 0. The van der Waals surface area contributed by atoms with Crippen LogP contribution in [0.3, 0.4) is 0 Å². The first-order chi connectivity index (χ1) is 12.9. The van der Waals surface area contributed by atoms with Gasteiger partial charge in [-0.2, -0.15) is 5.26 Å². The summed E-state index contributed by atoms with van der Waals surface area (Å²) in [6, 6.07) is 15.5. The molecule has 0 aliphatic heterocycles. The molecular weight excluding hydrogens is 336 g/mol. The molecule has 1 heterocycles. The Labute approximate surface area is 158 Å². The van der Waals surface area contributed by atoms with Crippen LogP contribution in [0.5, 0.6) is 0 Å². The maximum Gasteiger partial charge on any atom is 0.226 e. The van der Waals surface area contributed by atoms with Gasteiger partial charge in [0.05, 0.1) is 24.1 Å². The number of hydrogen-bond donors (Lipinski definition) is 3. The Balaban J connectivity index is 1.56. The summed E-state index contributed by atoms with van der Waals surface area (Å²) in [4.78, 5) is 16.0. The van der Waals surface area contributed by atoms with Crippen LogP contribution in [0.25, 0.3) is 10.9 Å². The zero-order valence-corrected chi connectivity index (χ0v) is 15.5. The Bertz CT molecular complexity index is 1090. The molecule has 0 spiro atoms. The summed E-state index contributed by atoms with van der Waals surface area (Å²) in [6.45, 7) is 4.30. The van der Waals surface area contributed by atoms with E-state index in [4.69, 9.17) is 5.73 Å². The van der Waals surface area contributed by atoms with Crippen molar-refractivity contribution in [2.24, 2.45) is 5.41 Å². The number of carbonyl (C=O) groups excluding carboxylic acids is 1. The fourth-order valence-electron chi connectivity index (χ4n) is 4.07. The highest BCUT2D eigenvalue weighted by atomic mass is 16.1. The first-order valence-electron chi connectivity index (χ1n) is 9.05. The first-order valence-corrected chi connectivity index (χ1v) is 9.05. The molecule has 4 rings (SSSR count). The van der Waals surface area contributed by atoms with Gasteiger partial charge in [0, 0.05) is 22.3 Å². The average molecular weight is 358 g/mol. The highest BCUT2D eigenvalue weighted by Gasteiger charge is 2.39. The van der Waals surface area contributed by atoms with E-state index in [-0.39, 0.29) is 23.8 Å². The molecule has 0 bridgehead atoms. The Morgan fingerprint density at radius 1 is 1.30 bits per heavy atom. The quantitative estimate of drug-likeness (QED) is 0.624. The number of anilines is 1. The van der Waals surface area contributed by atoms with Crippen molar-refractivity contribution in [1.29, 1.82) is 5.26 Å². The lowest BCUT2D eigenvalue weighted by Crippen LogP contribution is -2.36. The molecule has 1 aromatic heterocycles. The summed E-state index contributed by atoms with van der Waals surface area (Å²) in [5, 5.41) is 13.4. The van der Waals surface area contributed by atoms with Gasteiger partial charge in [-0.15, -0.1) is 0 Å². The third-order valence-electron chi connectivity index (χ3n) is 5.37. The van der Waals surface area contributed by atoms with Crippen molar-refractivity contribution >= 4 is 22.5 Å². The zero-order valence-electron chi connectivity index (χ0n) is 15.5. The largest absolute Gasteiger partial charge is 0.399 e. The summed E-state index contributed by atoms with van der Waals surface area (Å²) in [5.41, 5.74) is 11.1. The van der Waals surface area contributed by atoms with Crippen molar-refractivity contribution in [3.63, 3.8) is 0 Å². The van der Waals surface area contributed by atoms with E-state index in [1.165, 1.54) is 5.56 Å². The predicted octanol–water partition coefficient (Wildman–Crippen LogP) is 3.60. The van der Waals surface area contributed by atoms with E-state index in [9.17, 15) is 10.1 Å². The second kappa shape index (κ2) is 6.17. The number of nitrogens with zero attached hydrogens (tertiary/aromatic N) is 1. The van der Waals surface area contributed by atoms with Crippen LogP contribution >= 0.6 is 0 Å². The number of nitriles is 1. The fourth-order valence-corrected chi connectivity index (χ4v) is 4.07. The van der Waals surface area contributed by atoms with Crippen LogP contribution in [0, 0.1) is 16.7 Å². The zero-order chi connectivity index (χ0) is 19.2. The van der Waals surface area contributed by atoms with Crippen LogP contribution < -0.4 is 11.1 Å². The van der Waals surface area contributed by atoms with Crippen LogP contribution in [-0.4, -0.2) is 10.9 Å². The van der Waals surface area contributed by atoms with Crippen LogP contribution in [0.2, 0.25) is 0 Å². The number of benzene rings is 2. The van der Waals surface area contributed by atoms with Crippen LogP contribution in [-0.2, 0) is 17.6 Å². The summed E-state index contributed by atoms with van der Waals surface area (Å²) in [7, 11) is 0. The second-order valence-electron chi connectivity index (χ2n) is 8.01. The number of aromatic amines is 1.